The van der Waals surface area contributed by atoms with E-state index in [1.54, 1.807) is 10.7 Å². The Balaban J connectivity index is 1.30. The number of benzene rings is 2. The monoisotopic (exact) mass is 414 g/mol. The van der Waals surface area contributed by atoms with E-state index in [9.17, 15) is 4.79 Å². The molecule has 3 heterocycles. The van der Waals surface area contributed by atoms with E-state index in [2.05, 4.69) is 22.6 Å². The number of carbonyl (C=O) groups is 1. The summed E-state index contributed by atoms with van der Waals surface area (Å²) in [6, 6.07) is 17.2. The predicted molar refractivity (Wildman–Crippen MR) is 114 cm³/mol. The number of carbonyl (C=O) groups excluding carboxylic acids is 1. The number of amides is 1. The average molecular weight is 414 g/mol. The molecule has 0 saturated heterocycles. The van der Waals surface area contributed by atoms with E-state index in [0.29, 0.717) is 30.2 Å². The Morgan fingerprint density at radius 2 is 2.00 bits per heavy atom. The van der Waals surface area contributed by atoms with Gasteiger partial charge in [-0.2, -0.15) is 10.4 Å². The highest BCUT2D eigenvalue weighted by Gasteiger charge is 2.25. The van der Waals surface area contributed by atoms with Crippen LogP contribution in [0.1, 0.15) is 35.0 Å². The molecular formula is C24H22N4O3. The Morgan fingerprint density at radius 1 is 1.19 bits per heavy atom. The van der Waals surface area contributed by atoms with Crippen LogP contribution in [0, 0.1) is 11.3 Å². The zero-order chi connectivity index (χ0) is 21.4. The fourth-order valence-corrected chi connectivity index (χ4v) is 4.00. The van der Waals surface area contributed by atoms with Crippen LogP contribution in [0.4, 0.5) is 0 Å². The SMILES string of the molecule is CC1CCn2nc(C(=O)NC3COc4ccc(-c5ccc(C#N)cc5)cc4C3)cc2O1. The van der Waals surface area contributed by atoms with E-state index in [-0.39, 0.29) is 18.1 Å². The summed E-state index contributed by atoms with van der Waals surface area (Å²) in [5.41, 5.74) is 4.12. The molecule has 0 aliphatic carbocycles. The number of nitrogens with zero attached hydrogens (tertiary/aromatic N) is 3. The molecule has 2 aliphatic rings. The van der Waals surface area contributed by atoms with E-state index in [4.69, 9.17) is 14.7 Å². The molecular weight excluding hydrogens is 392 g/mol. The molecule has 31 heavy (non-hydrogen) atoms. The topological polar surface area (TPSA) is 89.2 Å². The maximum Gasteiger partial charge on any atom is 0.272 e. The molecule has 2 aromatic carbocycles. The van der Waals surface area contributed by atoms with Crippen molar-refractivity contribution in [2.24, 2.45) is 0 Å². The molecule has 7 heteroatoms. The Morgan fingerprint density at radius 3 is 2.81 bits per heavy atom. The standard InChI is InChI=1S/C24H22N4O3/c1-15-8-9-28-23(31-15)12-21(27-28)24(29)26-20-11-19-10-18(6-7-22(19)30-14-20)17-4-2-16(13-25)3-5-17/h2-7,10,12,15,20H,8-9,11,14H2,1H3,(H,26,29). The lowest BCUT2D eigenvalue weighted by Crippen LogP contribution is -2.42. The molecule has 3 aromatic rings. The number of nitrogens with one attached hydrogen (secondary N) is 1. The van der Waals surface area contributed by atoms with Crippen LogP contribution in [0.25, 0.3) is 11.1 Å². The van der Waals surface area contributed by atoms with E-state index >= 15 is 0 Å². The molecule has 156 valence electrons. The van der Waals surface area contributed by atoms with Crippen molar-refractivity contribution in [2.45, 2.75) is 38.5 Å². The first-order chi connectivity index (χ1) is 15.1. The second-order valence-electron chi connectivity index (χ2n) is 8.01. The van der Waals surface area contributed by atoms with Crippen molar-refractivity contribution in [1.82, 2.24) is 15.1 Å². The van der Waals surface area contributed by atoms with Gasteiger partial charge >= 0.3 is 0 Å². The molecule has 2 unspecified atom stereocenters. The number of hydrogen-bond acceptors (Lipinski definition) is 5. The van der Waals surface area contributed by atoms with Gasteiger partial charge in [-0.3, -0.25) is 4.79 Å². The minimum atomic E-state index is -0.224. The number of fused-ring (bicyclic) bond motifs is 2. The van der Waals surface area contributed by atoms with Gasteiger partial charge in [0.1, 0.15) is 12.4 Å². The molecule has 0 bridgehead atoms. The van der Waals surface area contributed by atoms with Gasteiger partial charge in [0.25, 0.3) is 5.91 Å². The maximum absolute atomic E-state index is 12.7. The molecule has 2 atom stereocenters. The first-order valence-electron chi connectivity index (χ1n) is 10.4. The zero-order valence-corrected chi connectivity index (χ0v) is 17.2. The van der Waals surface area contributed by atoms with Crippen LogP contribution in [0.5, 0.6) is 11.6 Å². The number of rotatable bonds is 3. The summed E-state index contributed by atoms with van der Waals surface area (Å²) in [4.78, 5) is 12.7. The fraction of sp³-hybridized carbons (Fsp3) is 0.292. The molecule has 5 rings (SSSR count). The van der Waals surface area contributed by atoms with Gasteiger partial charge in [-0.15, -0.1) is 0 Å². The van der Waals surface area contributed by atoms with Crippen molar-refractivity contribution in [3.63, 3.8) is 0 Å². The summed E-state index contributed by atoms with van der Waals surface area (Å²) in [7, 11) is 0. The first-order valence-corrected chi connectivity index (χ1v) is 10.4. The summed E-state index contributed by atoms with van der Waals surface area (Å²) in [6.45, 7) is 3.18. The van der Waals surface area contributed by atoms with E-state index < -0.39 is 0 Å². The smallest absolute Gasteiger partial charge is 0.272 e. The number of hydrogen-bond donors (Lipinski definition) is 1. The largest absolute Gasteiger partial charge is 0.491 e. The Bertz CT molecular complexity index is 1180. The van der Waals surface area contributed by atoms with Crippen molar-refractivity contribution in [3.05, 3.63) is 65.4 Å². The van der Waals surface area contributed by atoms with Crippen LogP contribution in [-0.2, 0) is 13.0 Å². The molecule has 0 fully saturated rings. The summed E-state index contributed by atoms with van der Waals surface area (Å²) >= 11 is 0. The van der Waals surface area contributed by atoms with Crippen LogP contribution in [0.2, 0.25) is 0 Å². The molecule has 1 amide bonds. The molecule has 0 radical (unpaired) electrons. The number of ether oxygens (including phenoxy) is 2. The lowest BCUT2D eigenvalue weighted by molar-refractivity contribution is 0.0909. The quantitative estimate of drug-likeness (QED) is 0.710. The molecule has 0 saturated carbocycles. The van der Waals surface area contributed by atoms with Crippen LogP contribution in [0.15, 0.2) is 48.5 Å². The minimum absolute atomic E-state index is 0.133. The Kier molecular flexibility index (Phi) is 4.83. The van der Waals surface area contributed by atoms with Gasteiger partial charge in [0, 0.05) is 19.0 Å². The lowest BCUT2D eigenvalue weighted by Gasteiger charge is -2.26. The van der Waals surface area contributed by atoms with Crippen LogP contribution in [-0.4, -0.2) is 34.4 Å². The van der Waals surface area contributed by atoms with E-state index in [1.165, 1.54) is 0 Å². The van der Waals surface area contributed by atoms with Crippen LogP contribution in [0.3, 0.4) is 0 Å². The van der Waals surface area contributed by atoms with Crippen molar-refractivity contribution in [1.29, 1.82) is 5.26 Å². The molecule has 0 spiro atoms. The van der Waals surface area contributed by atoms with E-state index in [1.807, 2.05) is 43.3 Å². The van der Waals surface area contributed by atoms with Crippen molar-refractivity contribution >= 4 is 5.91 Å². The van der Waals surface area contributed by atoms with Crippen molar-refractivity contribution in [3.8, 4) is 28.8 Å². The van der Waals surface area contributed by atoms with Crippen LogP contribution >= 0.6 is 0 Å². The van der Waals surface area contributed by atoms with Gasteiger partial charge in [-0.1, -0.05) is 18.2 Å². The number of aromatic nitrogens is 2. The van der Waals surface area contributed by atoms with Crippen molar-refractivity contribution < 1.29 is 14.3 Å². The second kappa shape index (κ2) is 7.80. The van der Waals surface area contributed by atoms with Gasteiger partial charge in [0.05, 0.1) is 23.8 Å². The zero-order valence-electron chi connectivity index (χ0n) is 17.2. The third-order valence-electron chi connectivity index (χ3n) is 5.69. The molecule has 1 aromatic heterocycles. The first kappa shape index (κ1) is 19.2. The summed E-state index contributed by atoms with van der Waals surface area (Å²) in [6.07, 6.45) is 1.69. The summed E-state index contributed by atoms with van der Waals surface area (Å²) in [5.74, 6) is 1.25. The Hall–Kier alpha value is -3.79. The molecule has 7 nitrogen and oxygen atoms in total. The van der Waals surface area contributed by atoms with Gasteiger partial charge in [0.15, 0.2) is 5.69 Å². The predicted octanol–water partition coefficient (Wildman–Crippen LogP) is 3.33. The van der Waals surface area contributed by atoms with Crippen LogP contribution < -0.4 is 14.8 Å². The minimum Gasteiger partial charge on any atom is -0.491 e. The fourth-order valence-electron chi connectivity index (χ4n) is 4.00. The Labute approximate surface area is 180 Å². The number of nitriles is 1. The summed E-state index contributed by atoms with van der Waals surface area (Å²) < 4.78 is 13.4. The highest BCUT2D eigenvalue weighted by atomic mass is 16.5. The highest BCUT2D eigenvalue weighted by Crippen LogP contribution is 2.30. The third-order valence-corrected chi connectivity index (χ3v) is 5.69. The number of aryl methyl sites for hydroxylation is 1. The average Bonchev–Trinajstić information content (AvgIpc) is 3.22. The molecule has 1 N–H and O–H groups in total. The van der Waals surface area contributed by atoms with Gasteiger partial charge in [0.2, 0.25) is 5.88 Å². The lowest BCUT2D eigenvalue weighted by atomic mass is 9.96. The summed E-state index contributed by atoms with van der Waals surface area (Å²) in [5, 5.41) is 16.4. The molecule has 2 aliphatic heterocycles. The van der Waals surface area contributed by atoms with E-state index in [0.717, 1.165) is 35.4 Å². The van der Waals surface area contributed by atoms with Gasteiger partial charge < -0.3 is 14.8 Å². The second-order valence-corrected chi connectivity index (χ2v) is 8.01. The highest BCUT2D eigenvalue weighted by molar-refractivity contribution is 5.92. The van der Waals surface area contributed by atoms with Crippen molar-refractivity contribution in [2.75, 3.05) is 6.61 Å². The third kappa shape index (κ3) is 3.84. The maximum atomic E-state index is 12.7. The normalized spacial score (nSPS) is 19.2. The van der Waals surface area contributed by atoms with Gasteiger partial charge in [-0.05, 0) is 54.3 Å². The van der Waals surface area contributed by atoms with Gasteiger partial charge in [-0.25, -0.2) is 4.68 Å².